The maximum atomic E-state index is 11.0. The van der Waals surface area contributed by atoms with Crippen LogP contribution in [0.1, 0.15) is 26.2 Å². The zero-order valence-corrected chi connectivity index (χ0v) is 9.38. The SMILES string of the molecule is CNCC(=O)NCCC(C)CCC(=O)O. The summed E-state index contributed by atoms with van der Waals surface area (Å²) in [7, 11) is 1.72. The van der Waals surface area contributed by atoms with Crippen LogP contribution in [0.25, 0.3) is 0 Å². The van der Waals surface area contributed by atoms with E-state index in [1.807, 2.05) is 6.92 Å². The topological polar surface area (TPSA) is 78.4 Å². The minimum Gasteiger partial charge on any atom is -0.481 e. The van der Waals surface area contributed by atoms with Crippen LogP contribution in [0.5, 0.6) is 0 Å². The molecule has 0 aromatic heterocycles. The van der Waals surface area contributed by atoms with Crippen LogP contribution in [0, 0.1) is 5.92 Å². The molecule has 0 aliphatic carbocycles. The maximum Gasteiger partial charge on any atom is 0.303 e. The molecule has 1 amide bonds. The van der Waals surface area contributed by atoms with Gasteiger partial charge >= 0.3 is 5.97 Å². The normalized spacial score (nSPS) is 12.1. The minimum atomic E-state index is -0.763. The summed E-state index contributed by atoms with van der Waals surface area (Å²) in [6.45, 7) is 2.93. The lowest BCUT2D eigenvalue weighted by atomic mass is 10.0. The van der Waals surface area contributed by atoms with E-state index in [4.69, 9.17) is 5.11 Å². The van der Waals surface area contributed by atoms with E-state index in [0.29, 0.717) is 25.4 Å². The molecule has 0 aromatic rings. The van der Waals surface area contributed by atoms with Gasteiger partial charge in [-0.2, -0.15) is 0 Å². The molecule has 1 unspecified atom stereocenters. The van der Waals surface area contributed by atoms with Crippen molar-refractivity contribution < 1.29 is 14.7 Å². The zero-order chi connectivity index (χ0) is 11.7. The van der Waals surface area contributed by atoms with E-state index < -0.39 is 5.97 Å². The molecule has 15 heavy (non-hydrogen) atoms. The number of carboxylic acids is 1. The van der Waals surface area contributed by atoms with E-state index >= 15 is 0 Å². The molecule has 0 saturated heterocycles. The number of aliphatic carboxylic acids is 1. The first kappa shape index (κ1) is 13.9. The van der Waals surface area contributed by atoms with Crippen LogP contribution in [0.15, 0.2) is 0 Å². The van der Waals surface area contributed by atoms with Gasteiger partial charge in [-0.15, -0.1) is 0 Å². The van der Waals surface area contributed by atoms with Gasteiger partial charge in [0.2, 0.25) is 5.91 Å². The molecule has 88 valence electrons. The van der Waals surface area contributed by atoms with Crippen molar-refractivity contribution in [3.05, 3.63) is 0 Å². The summed E-state index contributed by atoms with van der Waals surface area (Å²) in [5.74, 6) is -0.458. The Morgan fingerprint density at radius 2 is 2.00 bits per heavy atom. The van der Waals surface area contributed by atoms with Crippen molar-refractivity contribution in [3.8, 4) is 0 Å². The maximum absolute atomic E-state index is 11.0. The van der Waals surface area contributed by atoms with Gasteiger partial charge in [-0.1, -0.05) is 6.92 Å². The highest BCUT2D eigenvalue weighted by atomic mass is 16.4. The van der Waals surface area contributed by atoms with Gasteiger partial charge in [-0.25, -0.2) is 0 Å². The van der Waals surface area contributed by atoms with E-state index in [1.54, 1.807) is 7.05 Å². The Morgan fingerprint density at radius 3 is 2.53 bits per heavy atom. The number of amides is 1. The molecule has 0 rings (SSSR count). The van der Waals surface area contributed by atoms with Crippen LogP contribution in [-0.4, -0.2) is 37.1 Å². The second kappa shape index (κ2) is 8.23. The van der Waals surface area contributed by atoms with Gasteiger partial charge < -0.3 is 15.7 Å². The lowest BCUT2D eigenvalue weighted by Gasteiger charge is -2.10. The Hall–Kier alpha value is -1.10. The van der Waals surface area contributed by atoms with Gasteiger partial charge in [0.25, 0.3) is 0 Å². The van der Waals surface area contributed by atoms with Crippen molar-refractivity contribution in [3.63, 3.8) is 0 Å². The van der Waals surface area contributed by atoms with Crippen LogP contribution in [0.2, 0.25) is 0 Å². The van der Waals surface area contributed by atoms with Crippen LogP contribution in [0.3, 0.4) is 0 Å². The first-order valence-corrected chi connectivity index (χ1v) is 5.19. The number of rotatable bonds is 8. The van der Waals surface area contributed by atoms with Crippen LogP contribution in [0.4, 0.5) is 0 Å². The quantitative estimate of drug-likeness (QED) is 0.542. The average molecular weight is 216 g/mol. The van der Waals surface area contributed by atoms with E-state index in [1.165, 1.54) is 0 Å². The summed E-state index contributed by atoms with van der Waals surface area (Å²) in [6, 6.07) is 0. The van der Waals surface area contributed by atoms with Crippen LogP contribution < -0.4 is 10.6 Å². The van der Waals surface area contributed by atoms with Crippen molar-refractivity contribution in [1.29, 1.82) is 0 Å². The van der Waals surface area contributed by atoms with Gasteiger partial charge in [0.15, 0.2) is 0 Å². The molecule has 0 radical (unpaired) electrons. The summed E-state index contributed by atoms with van der Waals surface area (Å²) >= 11 is 0. The number of nitrogens with one attached hydrogen (secondary N) is 2. The fourth-order valence-corrected chi connectivity index (χ4v) is 1.20. The molecular formula is C10H20N2O3. The summed E-state index contributed by atoms with van der Waals surface area (Å²) in [6.07, 6.45) is 1.69. The predicted octanol–water partition coefficient (Wildman–Crippen LogP) is 0.213. The summed E-state index contributed by atoms with van der Waals surface area (Å²) in [5.41, 5.74) is 0. The third-order valence-electron chi connectivity index (χ3n) is 2.15. The Morgan fingerprint density at radius 1 is 1.33 bits per heavy atom. The van der Waals surface area contributed by atoms with Crippen molar-refractivity contribution in [2.24, 2.45) is 5.92 Å². The highest BCUT2D eigenvalue weighted by Crippen LogP contribution is 2.08. The Labute approximate surface area is 90.2 Å². The summed E-state index contributed by atoms with van der Waals surface area (Å²) < 4.78 is 0. The molecule has 1 atom stereocenters. The standard InChI is InChI=1S/C10H20N2O3/c1-8(3-4-10(14)15)5-6-12-9(13)7-11-2/h8,11H,3-7H2,1-2H3,(H,12,13)(H,14,15). The highest BCUT2D eigenvalue weighted by Gasteiger charge is 2.06. The molecule has 0 heterocycles. The third kappa shape index (κ3) is 9.21. The van der Waals surface area contributed by atoms with Crippen molar-refractivity contribution in [2.45, 2.75) is 26.2 Å². The number of hydrogen-bond donors (Lipinski definition) is 3. The fraction of sp³-hybridized carbons (Fsp3) is 0.800. The molecular weight excluding hydrogens is 196 g/mol. The van der Waals surface area contributed by atoms with Crippen molar-refractivity contribution in [1.82, 2.24) is 10.6 Å². The summed E-state index contributed by atoms with van der Waals surface area (Å²) in [4.78, 5) is 21.3. The molecule has 0 aliphatic heterocycles. The van der Waals surface area contributed by atoms with Crippen molar-refractivity contribution in [2.75, 3.05) is 20.1 Å². The molecule has 5 nitrogen and oxygen atoms in total. The molecule has 0 saturated carbocycles. The molecule has 0 fully saturated rings. The number of carboxylic acid groups (broad SMARTS) is 1. The molecule has 0 aliphatic rings. The van der Waals surface area contributed by atoms with Gasteiger partial charge in [0.1, 0.15) is 0 Å². The van der Waals surface area contributed by atoms with Crippen LogP contribution in [-0.2, 0) is 9.59 Å². The lowest BCUT2D eigenvalue weighted by Crippen LogP contribution is -2.33. The molecule has 0 bridgehead atoms. The third-order valence-corrected chi connectivity index (χ3v) is 2.15. The second-order valence-electron chi connectivity index (χ2n) is 3.71. The van der Waals surface area contributed by atoms with E-state index in [-0.39, 0.29) is 12.3 Å². The largest absolute Gasteiger partial charge is 0.481 e. The second-order valence-corrected chi connectivity index (χ2v) is 3.71. The van der Waals surface area contributed by atoms with Crippen LogP contribution >= 0.6 is 0 Å². The van der Waals surface area contributed by atoms with Gasteiger partial charge in [0.05, 0.1) is 6.54 Å². The van der Waals surface area contributed by atoms with Crippen molar-refractivity contribution >= 4 is 11.9 Å². The number of carbonyl (C=O) groups excluding carboxylic acids is 1. The predicted molar refractivity (Wildman–Crippen MR) is 57.6 cm³/mol. The molecule has 0 spiro atoms. The van der Waals surface area contributed by atoms with E-state index in [2.05, 4.69) is 10.6 Å². The number of likely N-dealkylation sites (N-methyl/N-ethyl adjacent to an activating group) is 1. The molecule has 5 heteroatoms. The average Bonchev–Trinajstić information content (AvgIpc) is 2.15. The highest BCUT2D eigenvalue weighted by molar-refractivity contribution is 5.77. The fourth-order valence-electron chi connectivity index (χ4n) is 1.20. The lowest BCUT2D eigenvalue weighted by molar-refractivity contribution is -0.137. The first-order chi connectivity index (χ1) is 7.06. The molecule has 0 aromatic carbocycles. The molecule has 3 N–H and O–H groups in total. The first-order valence-electron chi connectivity index (χ1n) is 5.19. The minimum absolute atomic E-state index is 0.0251. The van der Waals surface area contributed by atoms with Gasteiger partial charge in [-0.05, 0) is 25.8 Å². The zero-order valence-electron chi connectivity index (χ0n) is 9.38. The Kier molecular flexibility index (Phi) is 7.62. The Bertz CT molecular complexity index is 207. The summed E-state index contributed by atoms with van der Waals surface area (Å²) in [5, 5.41) is 14.0. The Balaban J connectivity index is 3.41. The van der Waals surface area contributed by atoms with Gasteiger partial charge in [-0.3, -0.25) is 9.59 Å². The number of hydrogen-bond acceptors (Lipinski definition) is 3. The van der Waals surface area contributed by atoms with E-state index in [9.17, 15) is 9.59 Å². The smallest absolute Gasteiger partial charge is 0.303 e. The van der Waals surface area contributed by atoms with E-state index in [0.717, 1.165) is 6.42 Å². The monoisotopic (exact) mass is 216 g/mol. The number of carbonyl (C=O) groups is 2. The van der Waals surface area contributed by atoms with Gasteiger partial charge in [0, 0.05) is 13.0 Å².